The SMILES string of the molecule is O=C(NC(=S)Nc1cccc(-c2nc3c(ccc4ccccc43)o2)c1)c1ccc(Cl)cc1. The average molecular weight is 458 g/mol. The van der Waals surface area contributed by atoms with Gasteiger partial charge in [-0.25, -0.2) is 4.98 Å². The molecule has 0 saturated carbocycles. The van der Waals surface area contributed by atoms with Crippen molar-refractivity contribution in [3.63, 3.8) is 0 Å². The van der Waals surface area contributed by atoms with Gasteiger partial charge >= 0.3 is 0 Å². The fraction of sp³-hybridized carbons (Fsp3) is 0. The average Bonchev–Trinajstić information content (AvgIpc) is 3.25. The summed E-state index contributed by atoms with van der Waals surface area (Å²) in [6.45, 7) is 0. The third-order valence-corrected chi connectivity index (χ3v) is 5.44. The summed E-state index contributed by atoms with van der Waals surface area (Å²) in [5.74, 6) is 0.192. The van der Waals surface area contributed by atoms with Gasteiger partial charge in [-0.2, -0.15) is 0 Å². The lowest BCUT2D eigenvalue weighted by atomic mass is 10.1. The minimum atomic E-state index is -0.318. The summed E-state index contributed by atoms with van der Waals surface area (Å²) in [4.78, 5) is 17.1. The Kier molecular flexibility index (Phi) is 5.31. The molecule has 4 aromatic carbocycles. The van der Waals surface area contributed by atoms with Gasteiger partial charge in [0.1, 0.15) is 5.52 Å². The number of hydrogen-bond acceptors (Lipinski definition) is 4. The summed E-state index contributed by atoms with van der Waals surface area (Å²) in [6, 6.07) is 26.1. The van der Waals surface area contributed by atoms with E-state index in [0.29, 0.717) is 22.2 Å². The van der Waals surface area contributed by atoms with Crippen molar-refractivity contribution in [2.45, 2.75) is 0 Å². The zero-order valence-corrected chi connectivity index (χ0v) is 18.2. The Morgan fingerprint density at radius 1 is 0.938 bits per heavy atom. The molecule has 0 saturated heterocycles. The smallest absolute Gasteiger partial charge is 0.257 e. The lowest BCUT2D eigenvalue weighted by Gasteiger charge is -2.10. The van der Waals surface area contributed by atoms with Crippen LogP contribution in [0.3, 0.4) is 0 Å². The third kappa shape index (κ3) is 4.06. The molecule has 0 aliphatic rings. The highest BCUT2D eigenvalue weighted by Gasteiger charge is 2.12. The normalized spacial score (nSPS) is 10.9. The maximum absolute atomic E-state index is 12.3. The number of oxazole rings is 1. The molecule has 5 aromatic rings. The molecule has 5 nitrogen and oxygen atoms in total. The number of halogens is 1. The molecule has 5 rings (SSSR count). The molecule has 1 amide bonds. The molecule has 0 radical (unpaired) electrons. The van der Waals surface area contributed by atoms with E-state index >= 15 is 0 Å². The molecule has 0 fully saturated rings. The van der Waals surface area contributed by atoms with Gasteiger partial charge in [-0.1, -0.05) is 48.0 Å². The van der Waals surface area contributed by atoms with Crippen molar-refractivity contribution in [2.75, 3.05) is 5.32 Å². The Morgan fingerprint density at radius 3 is 2.59 bits per heavy atom. The predicted molar refractivity (Wildman–Crippen MR) is 132 cm³/mol. The molecule has 0 unspecified atom stereocenters. The largest absolute Gasteiger partial charge is 0.436 e. The van der Waals surface area contributed by atoms with Crippen LogP contribution < -0.4 is 10.6 Å². The summed E-state index contributed by atoms with van der Waals surface area (Å²) < 4.78 is 6.00. The van der Waals surface area contributed by atoms with Crippen LogP contribution in [0.5, 0.6) is 0 Å². The van der Waals surface area contributed by atoms with Crippen LogP contribution in [0.15, 0.2) is 89.3 Å². The lowest BCUT2D eigenvalue weighted by Crippen LogP contribution is -2.34. The van der Waals surface area contributed by atoms with E-state index in [-0.39, 0.29) is 11.0 Å². The molecular weight excluding hydrogens is 442 g/mol. The number of thiocarbonyl (C=S) groups is 1. The first-order valence-electron chi connectivity index (χ1n) is 9.83. The van der Waals surface area contributed by atoms with Crippen LogP contribution in [0, 0.1) is 0 Å². The van der Waals surface area contributed by atoms with Crippen molar-refractivity contribution >= 4 is 62.4 Å². The van der Waals surface area contributed by atoms with E-state index in [1.807, 2.05) is 60.7 Å². The molecule has 0 spiro atoms. The number of nitrogens with zero attached hydrogens (tertiary/aromatic N) is 1. The number of anilines is 1. The molecule has 7 heteroatoms. The van der Waals surface area contributed by atoms with Crippen LogP contribution >= 0.6 is 23.8 Å². The van der Waals surface area contributed by atoms with E-state index in [1.165, 1.54) is 0 Å². The molecule has 156 valence electrons. The first-order valence-corrected chi connectivity index (χ1v) is 10.6. The van der Waals surface area contributed by atoms with Crippen LogP contribution in [-0.2, 0) is 0 Å². The molecule has 1 heterocycles. The standard InChI is InChI=1S/C25H16ClN3O2S/c26-18-11-8-16(9-12-18)23(30)29-25(32)27-19-6-3-5-17(14-19)24-28-22-20-7-2-1-4-15(20)10-13-21(22)31-24/h1-14H,(H2,27,29,30,32). The lowest BCUT2D eigenvalue weighted by molar-refractivity contribution is 0.0977. The minimum Gasteiger partial charge on any atom is -0.436 e. The van der Waals surface area contributed by atoms with Crippen molar-refractivity contribution in [3.05, 3.63) is 95.5 Å². The zero-order chi connectivity index (χ0) is 22.1. The molecule has 1 aromatic heterocycles. The summed E-state index contributed by atoms with van der Waals surface area (Å²) in [5.41, 5.74) is 3.51. The van der Waals surface area contributed by atoms with Gasteiger partial charge in [-0.15, -0.1) is 0 Å². The Morgan fingerprint density at radius 2 is 1.75 bits per heavy atom. The number of fused-ring (bicyclic) bond motifs is 3. The van der Waals surface area contributed by atoms with E-state index in [0.717, 1.165) is 27.4 Å². The number of aromatic nitrogens is 1. The summed E-state index contributed by atoms with van der Waals surface area (Å²) >= 11 is 11.2. The Balaban J connectivity index is 1.36. The summed E-state index contributed by atoms with van der Waals surface area (Å²) in [7, 11) is 0. The second kappa shape index (κ2) is 8.42. The van der Waals surface area contributed by atoms with Crippen molar-refractivity contribution in [2.24, 2.45) is 0 Å². The Labute approximate surface area is 194 Å². The Hall–Kier alpha value is -3.74. The van der Waals surface area contributed by atoms with Gasteiger partial charge in [-0.3, -0.25) is 10.1 Å². The van der Waals surface area contributed by atoms with Crippen LogP contribution in [0.4, 0.5) is 5.69 Å². The molecule has 2 N–H and O–H groups in total. The van der Waals surface area contributed by atoms with Gasteiger partial charge in [0.15, 0.2) is 10.7 Å². The Bertz CT molecular complexity index is 1480. The number of benzene rings is 4. The van der Waals surface area contributed by atoms with Gasteiger partial charge in [0, 0.05) is 27.2 Å². The quantitative estimate of drug-likeness (QED) is 0.306. The molecule has 0 aliphatic carbocycles. The number of amides is 1. The van der Waals surface area contributed by atoms with Crippen molar-refractivity contribution in [1.29, 1.82) is 0 Å². The summed E-state index contributed by atoms with van der Waals surface area (Å²) in [5, 5.41) is 8.59. The minimum absolute atomic E-state index is 0.186. The fourth-order valence-corrected chi connectivity index (χ4v) is 3.79. The zero-order valence-electron chi connectivity index (χ0n) is 16.6. The highest BCUT2D eigenvalue weighted by atomic mass is 35.5. The first kappa shape index (κ1) is 20.2. The highest BCUT2D eigenvalue weighted by molar-refractivity contribution is 7.80. The number of hydrogen-bond donors (Lipinski definition) is 2. The van der Waals surface area contributed by atoms with Crippen LogP contribution in [0.25, 0.3) is 33.3 Å². The highest BCUT2D eigenvalue weighted by Crippen LogP contribution is 2.30. The maximum Gasteiger partial charge on any atom is 0.257 e. The summed E-state index contributed by atoms with van der Waals surface area (Å²) in [6.07, 6.45) is 0. The number of carbonyl (C=O) groups excluding carboxylic acids is 1. The van der Waals surface area contributed by atoms with E-state index in [1.54, 1.807) is 24.3 Å². The van der Waals surface area contributed by atoms with Crippen LogP contribution in [0.2, 0.25) is 5.02 Å². The van der Waals surface area contributed by atoms with Crippen molar-refractivity contribution in [3.8, 4) is 11.5 Å². The molecular formula is C25H16ClN3O2S. The van der Waals surface area contributed by atoms with Gasteiger partial charge in [0.05, 0.1) is 0 Å². The number of nitrogens with one attached hydrogen (secondary N) is 2. The molecule has 0 atom stereocenters. The van der Waals surface area contributed by atoms with Gasteiger partial charge in [-0.05, 0) is 66.1 Å². The van der Waals surface area contributed by atoms with Gasteiger partial charge in [0.2, 0.25) is 5.89 Å². The second-order valence-corrected chi connectivity index (χ2v) is 7.99. The fourth-order valence-electron chi connectivity index (χ4n) is 3.45. The topological polar surface area (TPSA) is 67.2 Å². The van der Waals surface area contributed by atoms with Crippen molar-refractivity contribution in [1.82, 2.24) is 10.3 Å². The monoisotopic (exact) mass is 457 g/mol. The molecule has 0 aliphatic heterocycles. The van der Waals surface area contributed by atoms with E-state index < -0.39 is 0 Å². The molecule has 32 heavy (non-hydrogen) atoms. The van der Waals surface area contributed by atoms with E-state index in [2.05, 4.69) is 10.6 Å². The van der Waals surface area contributed by atoms with E-state index in [4.69, 9.17) is 33.2 Å². The van der Waals surface area contributed by atoms with Crippen LogP contribution in [-0.4, -0.2) is 16.0 Å². The van der Waals surface area contributed by atoms with Gasteiger partial charge < -0.3 is 9.73 Å². The number of rotatable bonds is 3. The van der Waals surface area contributed by atoms with Crippen LogP contribution in [0.1, 0.15) is 10.4 Å². The van der Waals surface area contributed by atoms with E-state index in [9.17, 15) is 4.79 Å². The molecule has 0 bridgehead atoms. The van der Waals surface area contributed by atoms with Gasteiger partial charge in [0.25, 0.3) is 5.91 Å². The maximum atomic E-state index is 12.3. The predicted octanol–water partition coefficient (Wildman–Crippen LogP) is 6.43. The second-order valence-electron chi connectivity index (χ2n) is 7.15. The third-order valence-electron chi connectivity index (χ3n) is 4.98. The number of carbonyl (C=O) groups is 1. The first-order chi connectivity index (χ1) is 15.6. The van der Waals surface area contributed by atoms with Crippen molar-refractivity contribution < 1.29 is 9.21 Å².